The molecule has 12 heteroatoms. The number of halogens is 4. The molecule has 0 fully saturated rings. The fourth-order valence-corrected chi connectivity index (χ4v) is 3.02. The van der Waals surface area contributed by atoms with Crippen LogP contribution in [-0.2, 0) is 16.0 Å². The molecule has 3 aromatic rings. The van der Waals surface area contributed by atoms with Crippen molar-refractivity contribution >= 4 is 21.4 Å². The highest BCUT2D eigenvalue weighted by Crippen LogP contribution is 2.34. The standard InChI is InChI=1S/C17H12F4N4O3S/c1-29(27,28)14-7-6-10(8-22-14)24-16(26)11-9-23-25(15(11)17(19,20)21)13-5-3-2-4-12(13)18/h2-9H,1H3,(H,24,26). The third-order valence-corrected chi connectivity index (χ3v) is 4.74. The normalized spacial score (nSPS) is 12.0. The molecule has 0 saturated carbocycles. The van der Waals surface area contributed by atoms with E-state index in [4.69, 9.17) is 0 Å². The van der Waals surface area contributed by atoms with Gasteiger partial charge in [-0.15, -0.1) is 0 Å². The van der Waals surface area contributed by atoms with Gasteiger partial charge in [-0.05, 0) is 24.3 Å². The molecule has 2 aromatic heterocycles. The van der Waals surface area contributed by atoms with Crippen molar-refractivity contribution in [3.63, 3.8) is 0 Å². The van der Waals surface area contributed by atoms with E-state index in [1.807, 2.05) is 0 Å². The van der Waals surface area contributed by atoms with Gasteiger partial charge in [0.05, 0.1) is 23.6 Å². The Morgan fingerprint density at radius 1 is 1.10 bits per heavy atom. The van der Waals surface area contributed by atoms with Gasteiger partial charge in [0.1, 0.15) is 11.5 Å². The molecule has 0 bridgehead atoms. The number of para-hydroxylation sites is 1. The van der Waals surface area contributed by atoms with E-state index in [2.05, 4.69) is 15.4 Å². The number of hydrogen-bond donors (Lipinski definition) is 1. The van der Waals surface area contributed by atoms with Crippen molar-refractivity contribution in [2.45, 2.75) is 11.2 Å². The van der Waals surface area contributed by atoms with E-state index in [1.165, 1.54) is 18.2 Å². The van der Waals surface area contributed by atoms with Crippen LogP contribution in [0.5, 0.6) is 0 Å². The van der Waals surface area contributed by atoms with E-state index >= 15 is 0 Å². The third kappa shape index (κ3) is 4.26. The van der Waals surface area contributed by atoms with Crippen molar-refractivity contribution in [1.82, 2.24) is 14.8 Å². The Morgan fingerprint density at radius 2 is 1.79 bits per heavy atom. The van der Waals surface area contributed by atoms with Crippen molar-refractivity contribution < 1.29 is 30.8 Å². The molecule has 3 rings (SSSR count). The highest BCUT2D eigenvalue weighted by atomic mass is 32.2. The van der Waals surface area contributed by atoms with E-state index in [1.54, 1.807) is 0 Å². The van der Waals surface area contributed by atoms with Crippen LogP contribution < -0.4 is 5.32 Å². The van der Waals surface area contributed by atoms with Crippen LogP contribution in [0, 0.1) is 5.82 Å². The summed E-state index contributed by atoms with van der Waals surface area (Å²) in [6.07, 6.45) is -2.42. The maximum Gasteiger partial charge on any atom is 0.434 e. The number of carbonyl (C=O) groups is 1. The second kappa shape index (κ2) is 7.28. The summed E-state index contributed by atoms with van der Waals surface area (Å²) in [4.78, 5) is 16.0. The lowest BCUT2D eigenvalue weighted by molar-refractivity contribution is -0.143. The predicted octanol–water partition coefficient (Wildman–Crippen LogP) is 3.08. The lowest BCUT2D eigenvalue weighted by Gasteiger charge is -2.13. The molecule has 29 heavy (non-hydrogen) atoms. The number of hydrogen-bond acceptors (Lipinski definition) is 5. The summed E-state index contributed by atoms with van der Waals surface area (Å²) in [5, 5.41) is 5.44. The SMILES string of the molecule is CS(=O)(=O)c1ccc(NC(=O)c2cnn(-c3ccccc3F)c2C(F)(F)F)cn1. The predicted molar refractivity (Wildman–Crippen MR) is 93.8 cm³/mol. The lowest BCUT2D eigenvalue weighted by atomic mass is 10.2. The molecule has 152 valence electrons. The summed E-state index contributed by atoms with van der Waals surface area (Å²) >= 11 is 0. The molecule has 7 nitrogen and oxygen atoms in total. The monoisotopic (exact) mass is 428 g/mol. The van der Waals surface area contributed by atoms with Gasteiger partial charge < -0.3 is 5.32 Å². The molecule has 2 heterocycles. The molecule has 0 radical (unpaired) electrons. The number of alkyl halides is 3. The second-order valence-corrected chi connectivity index (χ2v) is 7.84. The maximum absolute atomic E-state index is 13.9. The van der Waals surface area contributed by atoms with E-state index in [0.717, 1.165) is 30.7 Å². The van der Waals surface area contributed by atoms with Gasteiger partial charge in [0.2, 0.25) is 0 Å². The van der Waals surface area contributed by atoms with Crippen molar-refractivity contribution in [3.8, 4) is 5.69 Å². The first-order valence-electron chi connectivity index (χ1n) is 7.86. The molecule has 0 unspecified atom stereocenters. The molecule has 0 atom stereocenters. The maximum atomic E-state index is 13.9. The van der Waals surface area contributed by atoms with Crippen LogP contribution in [0.25, 0.3) is 5.69 Å². The van der Waals surface area contributed by atoms with Crippen LogP contribution in [-0.4, -0.2) is 35.3 Å². The van der Waals surface area contributed by atoms with E-state index in [0.29, 0.717) is 10.9 Å². The minimum Gasteiger partial charge on any atom is -0.320 e. The van der Waals surface area contributed by atoms with Gasteiger partial charge in [0.15, 0.2) is 20.6 Å². The number of pyridine rings is 1. The molecule has 1 amide bonds. The molecular weight excluding hydrogens is 416 g/mol. The quantitative estimate of drug-likeness (QED) is 0.645. The number of rotatable bonds is 4. The molecular formula is C17H12F4N4O3S. The van der Waals surface area contributed by atoms with Crippen molar-refractivity contribution in [2.75, 3.05) is 11.6 Å². The number of carbonyl (C=O) groups excluding carboxylic acids is 1. The van der Waals surface area contributed by atoms with E-state index in [-0.39, 0.29) is 10.7 Å². The summed E-state index contributed by atoms with van der Waals surface area (Å²) < 4.78 is 77.8. The lowest BCUT2D eigenvalue weighted by Crippen LogP contribution is -2.21. The molecule has 0 aliphatic rings. The highest BCUT2D eigenvalue weighted by molar-refractivity contribution is 7.90. The highest BCUT2D eigenvalue weighted by Gasteiger charge is 2.41. The zero-order valence-corrected chi connectivity index (χ0v) is 15.4. The smallest absolute Gasteiger partial charge is 0.320 e. The van der Waals surface area contributed by atoms with Crippen LogP contribution in [0.4, 0.5) is 23.2 Å². The van der Waals surface area contributed by atoms with E-state index in [9.17, 15) is 30.8 Å². The van der Waals surface area contributed by atoms with Crippen LogP contribution in [0.1, 0.15) is 16.1 Å². The molecule has 1 N–H and O–H groups in total. The van der Waals surface area contributed by atoms with Gasteiger partial charge in [-0.1, -0.05) is 12.1 Å². The minimum absolute atomic E-state index is 0.0332. The molecule has 0 saturated heterocycles. The number of benzene rings is 1. The van der Waals surface area contributed by atoms with Crippen LogP contribution in [0.3, 0.4) is 0 Å². The average molecular weight is 428 g/mol. The number of aromatic nitrogens is 3. The molecule has 1 aromatic carbocycles. The zero-order chi connectivity index (χ0) is 21.4. The fourth-order valence-electron chi connectivity index (χ4n) is 2.47. The van der Waals surface area contributed by atoms with Crippen molar-refractivity contribution in [3.05, 3.63) is 65.9 Å². The van der Waals surface area contributed by atoms with Crippen LogP contribution in [0.15, 0.2) is 53.8 Å². The van der Waals surface area contributed by atoms with Gasteiger partial charge in [-0.25, -0.2) is 22.5 Å². The number of anilines is 1. The zero-order valence-electron chi connectivity index (χ0n) is 14.6. The summed E-state index contributed by atoms with van der Waals surface area (Å²) in [5.74, 6) is -2.12. The van der Waals surface area contributed by atoms with E-state index < -0.39 is 44.7 Å². The van der Waals surface area contributed by atoms with Crippen molar-refractivity contribution in [2.24, 2.45) is 0 Å². The Kier molecular flexibility index (Phi) is 5.13. The first-order valence-corrected chi connectivity index (χ1v) is 9.75. The van der Waals surface area contributed by atoms with Gasteiger partial charge in [0.25, 0.3) is 5.91 Å². The topological polar surface area (TPSA) is 94.0 Å². The Labute approximate surface area is 161 Å². The summed E-state index contributed by atoms with van der Waals surface area (Å²) in [5.41, 5.74) is -2.80. The van der Waals surface area contributed by atoms with Gasteiger partial charge in [0, 0.05) is 6.26 Å². The third-order valence-electron chi connectivity index (χ3n) is 3.74. The number of nitrogens with zero attached hydrogens (tertiary/aromatic N) is 3. The molecule has 0 spiro atoms. The van der Waals surface area contributed by atoms with Crippen LogP contribution >= 0.6 is 0 Å². The largest absolute Gasteiger partial charge is 0.434 e. The summed E-state index contributed by atoms with van der Waals surface area (Å²) in [6.45, 7) is 0. The molecule has 0 aliphatic carbocycles. The molecule has 0 aliphatic heterocycles. The first-order chi connectivity index (χ1) is 13.5. The number of nitrogens with one attached hydrogen (secondary N) is 1. The minimum atomic E-state index is -5.01. The van der Waals surface area contributed by atoms with Gasteiger partial charge in [-0.3, -0.25) is 4.79 Å². The summed E-state index contributed by atoms with van der Waals surface area (Å²) in [7, 11) is -3.58. The number of amides is 1. The second-order valence-electron chi connectivity index (χ2n) is 5.88. The van der Waals surface area contributed by atoms with Gasteiger partial charge >= 0.3 is 6.18 Å². The first kappa shape index (κ1) is 20.5. The number of sulfone groups is 1. The van der Waals surface area contributed by atoms with Crippen LogP contribution in [0.2, 0.25) is 0 Å². The van der Waals surface area contributed by atoms with Gasteiger partial charge in [-0.2, -0.15) is 18.3 Å². The summed E-state index contributed by atoms with van der Waals surface area (Å²) in [6, 6.07) is 6.96. The fraction of sp³-hybridized carbons (Fsp3) is 0.118. The average Bonchev–Trinajstić information content (AvgIpc) is 3.07. The Balaban J connectivity index is 1.98. The Morgan fingerprint density at radius 3 is 2.34 bits per heavy atom. The Hall–Kier alpha value is -3.28. The van der Waals surface area contributed by atoms with Crippen molar-refractivity contribution in [1.29, 1.82) is 0 Å². The Bertz CT molecular complexity index is 1170.